The lowest BCUT2D eigenvalue weighted by Crippen LogP contribution is -2.52. The number of amides is 1. The van der Waals surface area contributed by atoms with Crippen molar-refractivity contribution in [2.24, 2.45) is 10.8 Å². The van der Waals surface area contributed by atoms with Crippen molar-refractivity contribution in [2.45, 2.75) is 18.6 Å². The first-order valence-electron chi connectivity index (χ1n) is 5.96. The van der Waals surface area contributed by atoms with E-state index in [1.807, 2.05) is 0 Å². The van der Waals surface area contributed by atoms with Gasteiger partial charge in [0.2, 0.25) is 5.91 Å². The number of hydrogen-bond acceptors (Lipinski definition) is 3. The fraction of sp³-hybridized carbons (Fsp3) is 0.417. The highest BCUT2D eigenvalue weighted by atomic mass is 19.4. The molecular weight excluding hydrogens is 287 g/mol. The molecule has 1 unspecified atom stereocenters. The van der Waals surface area contributed by atoms with Crippen LogP contribution in [-0.2, 0) is 16.5 Å². The second kappa shape index (κ2) is 6.47. The van der Waals surface area contributed by atoms with E-state index in [0.717, 1.165) is 6.07 Å². The molecule has 1 rings (SSSR count). The van der Waals surface area contributed by atoms with Gasteiger partial charge >= 0.3 is 6.18 Å². The monoisotopic (exact) mass is 301 g/mol. The lowest BCUT2D eigenvalue weighted by Gasteiger charge is -2.30. The fourth-order valence-electron chi connectivity index (χ4n) is 1.88. The molecule has 3 N–H and O–H groups in total. The van der Waals surface area contributed by atoms with E-state index in [1.54, 1.807) is 0 Å². The average Bonchev–Trinajstić information content (AvgIpc) is 2.42. The number of nitrogens with one attached hydrogen (secondary N) is 1. The Morgan fingerprint density at radius 3 is 2.43 bits per heavy atom. The van der Waals surface area contributed by atoms with Gasteiger partial charge < -0.3 is 5.73 Å². The van der Waals surface area contributed by atoms with Gasteiger partial charge in [0.1, 0.15) is 5.54 Å². The summed E-state index contributed by atoms with van der Waals surface area (Å²) in [4.78, 5) is 14.2. The van der Waals surface area contributed by atoms with E-state index in [0.29, 0.717) is 0 Å². The van der Waals surface area contributed by atoms with Crippen LogP contribution < -0.4 is 11.1 Å². The molecule has 1 amide bonds. The SMILES string of the molecule is CC(NCCN=[N+]=[N-])(C(N)=O)c1ccccc1C(F)(F)F. The maximum atomic E-state index is 13.0. The number of nitrogens with zero attached hydrogens (tertiary/aromatic N) is 3. The van der Waals surface area contributed by atoms with Crippen molar-refractivity contribution in [2.75, 3.05) is 13.1 Å². The third-order valence-electron chi connectivity index (χ3n) is 3.02. The summed E-state index contributed by atoms with van der Waals surface area (Å²) < 4.78 is 39.1. The summed E-state index contributed by atoms with van der Waals surface area (Å²) >= 11 is 0. The van der Waals surface area contributed by atoms with Crippen LogP contribution in [0.4, 0.5) is 13.2 Å². The molecule has 1 aromatic carbocycles. The molecule has 0 aliphatic carbocycles. The Morgan fingerprint density at radius 2 is 1.95 bits per heavy atom. The first kappa shape index (κ1) is 16.8. The molecule has 1 atom stereocenters. The molecule has 6 nitrogen and oxygen atoms in total. The van der Waals surface area contributed by atoms with Gasteiger partial charge in [-0.1, -0.05) is 23.3 Å². The number of alkyl halides is 3. The van der Waals surface area contributed by atoms with Crippen LogP contribution in [0.25, 0.3) is 10.4 Å². The van der Waals surface area contributed by atoms with Crippen molar-refractivity contribution in [3.8, 4) is 0 Å². The summed E-state index contributed by atoms with van der Waals surface area (Å²) in [6.45, 7) is 1.25. The van der Waals surface area contributed by atoms with E-state index in [9.17, 15) is 18.0 Å². The highest BCUT2D eigenvalue weighted by Crippen LogP contribution is 2.36. The van der Waals surface area contributed by atoms with Crippen LogP contribution in [0.3, 0.4) is 0 Å². The van der Waals surface area contributed by atoms with Gasteiger partial charge in [0.15, 0.2) is 0 Å². The molecule has 0 heterocycles. The maximum Gasteiger partial charge on any atom is 0.416 e. The molecular formula is C12H14F3N5O. The van der Waals surface area contributed by atoms with Crippen molar-refractivity contribution >= 4 is 5.91 Å². The number of hydrogen-bond donors (Lipinski definition) is 2. The molecule has 0 aliphatic heterocycles. The summed E-state index contributed by atoms with van der Waals surface area (Å²) in [5, 5.41) is 5.86. The van der Waals surface area contributed by atoms with Crippen LogP contribution in [-0.4, -0.2) is 19.0 Å². The molecule has 0 saturated carbocycles. The third kappa shape index (κ3) is 3.87. The normalized spacial score (nSPS) is 14.1. The lowest BCUT2D eigenvalue weighted by atomic mass is 9.87. The van der Waals surface area contributed by atoms with Gasteiger partial charge in [-0.25, -0.2) is 0 Å². The molecule has 21 heavy (non-hydrogen) atoms. The van der Waals surface area contributed by atoms with Gasteiger partial charge in [-0.15, -0.1) is 0 Å². The van der Waals surface area contributed by atoms with Crippen LogP contribution >= 0.6 is 0 Å². The topological polar surface area (TPSA) is 104 Å². The van der Waals surface area contributed by atoms with Crippen LogP contribution in [0.5, 0.6) is 0 Å². The average molecular weight is 301 g/mol. The number of azide groups is 1. The molecule has 0 saturated heterocycles. The van der Waals surface area contributed by atoms with Crippen molar-refractivity contribution in [1.29, 1.82) is 0 Å². The smallest absolute Gasteiger partial charge is 0.368 e. The standard InChI is InChI=1S/C12H14F3N5O/c1-11(10(16)21,18-6-7-19-20-17)8-4-2-3-5-9(8)12(13,14)15/h2-5,18H,6-7H2,1H3,(H2,16,21). The number of carbonyl (C=O) groups is 1. The van der Waals surface area contributed by atoms with Crippen molar-refractivity contribution in [1.82, 2.24) is 5.32 Å². The Kier molecular flexibility index (Phi) is 5.17. The molecule has 0 aliphatic rings. The van der Waals surface area contributed by atoms with Gasteiger partial charge in [-0.2, -0.15) is 13.2 Å². The Balaban J connectivity index is 3.23. The third-order valence-corrected chi connectivity index (χ3v) is 3.02. The van der Waals surface area contributed by atoms with Crippen LogP contribution in [0.15, 0.2) is 29.4 Å². The number of carbonyl (C=O) groups excluding carboxylic acids is 1. The van der Waals surface area contributed by atoms with Crippen molar-refractivity contribution in [3.63, 3.8) is 0 Å². The molecule has 0 radical (unpaired) electrons. The zero-order valence-electron chi connectivity index (χ0n) is 11.2. The summed E-state index contributed by atoms with van der Waals surface area (Å²) in [6.07, 6.45) is -4.61. The molecule has 0 fully saturated rings. The zero-order valence-corrected chi connectivity index (χ0v) is 11.2. The number of benzene rings is 1. The highest BCUT2D eigenvalue weighted by molar-refractivity contribution is 5.86. The minimum absolute atomic E-state index is 0.00961. The molecule has 9 heteroatoms. The van der Waals surface area contributed by atoms with E-state index < -0.39 is 23.2 Å². The number of nitrogens with two attached hydrogens (primary N) is 1. The molecule has 0 aromatic heterocycles. The van der Waals surface area contributed by atoms with Gasteiger partial charge in [0.25, 0.3) is 0 Å². The van der Waals surface area contributed by atoms with E-state index in [2.05, 4.69) is 15.3 Å². The first-order valence-corrected chi connectivity index (χ1v) is 5.96. The molecule has 114 valence electrons. The van der Waals surface area contributed by atoms with Crippen LogP contribution in [0, 0.1) is 0 Å². The quantitative estimate of drug-likeness (QED) is 0.364. The Labute approximate surface area is 118 Å². The lowest BCUT2D eigenvalue weighted by molar-refractivity contribution is -0.139. The van der Waals surface area contributed by atoms with E-state index in [-0.39, 0.29) is 18.7 Å². The number of halogens is 3. The van der Waals surface area contributed by atoms with Crippen LogP contribution in [0.1, 0.15) is 18.1 Å². The van der Waals surface area contributed by atoms with Crippen LogP contribution in [0.2, 0.25) is 0 Å². The van der Waals surface area contributed by atoms with E-state index in [4.69, 9.17) is 11.3 Å². The number of rotatable bonds is 6. The predicted molar refractivity (Wildman–Crippen MR) is 70.0 cm³/mol. The maximum absolute atomic E-state index is 13.0. The fourth-order valence-corrected chi connectivity index (χ4v) is 1.88. The number of primary amides is 1. The first-order chi connectivity index (χ1) is 9.73. The molecule has 0 spiro atoms. The summed E-state index contributed by atoms with van der Waals surface area (Å²) in [5.74, 6) is -0.958. The van der Waals surface area contributed by atoms with Gasteiger partial charge in [0.05, 0.1) is 5.56 Å². The summed E-state index contributed by atoms with van der Waals surface area (Å²) in [6, 6.07) is 4.69. The van der Waals surface area contributed by atoms with Gasteiger partial charge in [-0.3, -0.25) is 10.1 Å². The van der Waals surface area contributed by atoms with Gasteiger partial charge in [-0.05, 0) is 24.1 Å². The highest BCUT2D eigenvalue weighted by Gasteiger charge is 2.42. The molecule has 0 bridgehead atoms. The summed E-state index contributed by atoms with van der Waals surface area (Å²) in [7, 11) is 0. The van der Waals surface area contributed by atoms with Crippen molar-refractivity contribution in [3.05, 3.63) is 45.8 Å². The van der Waals surface area contributed by atoms with Gasteiger partial charge in [0, 0.05) is 18.0 Å². The Bertz CT molecular complexity index is 568. The zero-order chi connectivity index (χ0) is 16.1. The summed E-state index contributed by atoms with van der Waals surface area (Å²) in [5.41, 5.74) is 10.5. The van der Waals surface area contributed by atoms with E-state index in [1.165, 1.54) is 25.1 Å². The Hall–Kier alpha value is -2.25. The predicted octanol–water partition coefficient (Wildman–Crippen LogP) is 2.31. The Morgan fingerprint density at radius 1 is 1.38 bits per heavy atom. The minimum Gasteiger partial charge on any atom is -0.368 e. The second-order valence-corrected chi connectivity index (χ2v) is 4.41. The second-order valence-electron chi connectivity index (χ2n) is 4.41. The largest absolute Gasteiger partial charge is 0.416 e. The van der Waals surface area contributed by atoms with E-state index >= 15 is 0 Å². The molecule has 1 aromatic rings. The minimum atomic E-state index is -4.61. The van der Waals surface area contributed by atoms with Crippen molar-refractivity contribution < 1.29 is 18.0 Å².